The lowest BCUT2D eigenvalue weighted by Gasteiger charge is -2.44. The second-order valence-corrected chi connectivity index (χ2v) is 9.71. The van der Waals surface area contributed by atoms with Gasteiger partial charge in [0.15, 0.2) is 5.65 Å². The predicted octanol–water partition coefficient (Wildman–Crippen LogP) is 3.46. The number of rotatable bonds is 4. The van der Waals surface area contributed by atoms with E-state index in [9.17, 15) is 4.79 Å². The summed E-state index contributed by atoms with van der Waals surface area (Å²) in [6.45, 7) is 1.79. The van der Waals surface area contributed by atoms with E-state index in [1.165, 1.54) is 0 Å². The molecule has 2 N–H and O–H groups in total. The molecule has 3 fully saturated rings. The van der Waals surface area contributed by atoms with Crippen molar-refractivity contribution in [1.29, 1.82) is 0 Å². The Kier molecular flexibility index (Phi) is 4.42. The minimum absolute atomic E-state index is 0.190. The number of carbonyl (C=O) groups excluding carboxylic acids is 1. The number of nitrogens with one attached hydrogen (secondary N) is 2. The van der Waals surface area contributed by atoms with Crippen molar-refractivity contribution >= 4 is 34.4 Å². The number of halogens is 1. The van der Waals surface area contributed by atoms with Gasteiger partial charge in [-0.1, -0.05) is 30.2 Å². The second-order valence-electron chi connectivity index (χ2n) is 9.27. The zero-order chi connectivity index (χ0) is 21.0. The number of hydrogen-bond acceptors (Lipinski definition) is 5. The van der Waals surface area contributed by atoms with Gasteiger partial charge in [-0.2, -0.15) is 5.10 Å². The zero-order valence-corrected chi connectivity index (χ0v) is 18.0. The smallest absolute Gasteiger partial charge is 0.230 e. The number of piperidine rings is 1. The number of anilines is 1. The van der Waals surface area contributed by atoms with Crippen molar-refractivity contribution < 1.29 is 4.79 Å². The molecule has 1 aliphatic heterocycles. The van der Waals surface area contributed by atoms with Gasteiger partial charge in [0.1, 0.15) is 12.1 Å². The van der Waals surface area contributed by atoms with Crippen molar-refractivity contribution in [3.63, 3.8) is 0 Å². The average Bonchev–Trinajstić information content (AvgIpc) is 3.30. The number of benzene rings is 1. The summed E-state index contributed by atoms with van der Waals surface area (Å²) in [6, 6.07) is 8.05. The van der Waals surface area contributed by atoms with E-state index in [0.29, 0.717) is 16.9 Å². The number of nitrogens with zero attached hydrogens (tertiary/aromatic N) is 4. The van der Waals surface area contributed by atoms with E-state index in [1.807, 2.05) is 24.3 Å². The van der Waals surface area contributed by atoms with Crippen LogP contribution in [0.3, 0.4) is 0 Å². The largest absolute Gasteiger partial charge is 0.355 e. The number of H-pyrrole nitrogens is 1. The van der Waals surface area contributed by atoms with Crippen LogP contribution in [0.2, 0.25) is 5.02 Å². The first-order valence-electron chi connectivity index (χ1n) is 11.1. The van der Waals surface area contributed by atoms with Gasteiger partial charge in [0, 0.05) is 24.2 Å². The van der Waals surface area contributed by atoms with Gasteiger partial charge in [-0.25, -0.2) is 9.97 Å². The lowest BCUT2D eigenvalue weighted by atomic mass is 9.63. The highest BCUT2D eigenvalue weighted by molar-refractivity contribution is 6.30. The molecule has 1 saturated heterocycles. The highest BCUT2D eigenvalue weighted by Gasteiger charge is 2.49. The normalized spacial score (nSPS) is 26.6. The van der Waals surface area contributed by atoms with Gasteiger partial charge in [0.25, 0.3) is 0 Å². The molecule has 2 saturated carbocycles. The van der Waals surface area contributed by atoms with Crippen molar-refractivity contribution in [3.8, 4) is 0 Å². The number of fused-ring (bicyclic) bond motifs is 3. The first-order chi connectivity index (χ1) is 15.1. The van der Waals surface area contributed by atoms with Crippen LogP contribution in [0.15, 0.2) is 36.8 Å². The molecule has 0 radical (unpaired) electrons. The summed E-state index contributed by atoms with van der Waals surface area (Å²) in [4.78, 5) is 24.7. The van der Waals surface area contributed by atoms with Gasteiger partial charge in [-0.3, -0.25) is 9.89 Å². The van der Waals surface area contributed by atoms with E-state index < -0.39 is 5.41 Å². The number of aromatic nitrogens is 4. The van der Waals surface area contributed by atoms with Gasteiger partial charge < -0.3 is 10.2 Å². The predicted molar refractivity (Wildman–Crippen MR) is 119 cm³/mol. The summed E-state index contributed by atoms with van der Waals surface area (Å²) in [7, 11) is 0. The van der Waals surface area contributed by atoms with Crippen molar-refractivity contribution in [2.75, 3.05) is 18.0 Å². The van der Waals surface area contributed by atoms with Crippen molar-refractivity contribution in [1.82, 2.24) is 25.5 Å². The molecule has 3 atom stereocenters. The summed E-state index contributed by atoms with van der Waals surface area (Å²) < 4.78 is 0. The Bertz CT molecular complexity index is 1110. The van der Waals surface area contributed by atoms with Crippen LogP contribution >= 0.6 is 11.6 Å². The van der Waals surface area contributed by atoms with Gasteiger partial charge in [0.2, 0.25) is 5.91 Å². The molecule has 3 aliphatic rings. The standard InChI is InChI=1S/C23H25ClN6O/c24-17-6-4-16(5-7-17)23(8-1-9-23)22(31)28-19-14-2-3-15(19)12-30(11-14)21-18-10-27-29-20(18)25-13-26-21/h4-7,10,13-15,19H,1-3,8-9,11-12H2,(H,28,31)(H,25,26,27,29)/t14-,15+,19?. The summed E-state index contributed by atoms with van der Waals surface area (Å²) in [5.41, 5.74) is 1.47. The van der Waals surface area contributed by atoms with Crippen LogP contribution in [-0.4, -0.2) is 45.2 Å². The third kappa shape index (κ3) is 3.01. The van der Waals surface area contributed by atoms with Gasteiger partial charge in [0.05, 0.1) is 17.0 Å². The molecule has 2 aliphatic carbocycles. The Labute approximate surface area is 185 Å². The molecular formula is C23H25ClN6O. The number of hydrogen-bond donors (Lipinski definition) is 2. The van der Waals surface area contributed by atoms with Crippen molar-refractivity contribution in [3.05, 3.63) is 47.4 Å². The van der Waals surface area contributed by atoms with Crippen LogP contribution in [0, 0.1) is 11.8 Å². The zero-order valence-electron chi connectivity index (χ0n) is 17.2. The van der Waals surface area contributed by atoms with Crippen LogP contribution in [-0.2, 0) is 10.2 Å². The molecule has 3 heterocycles. The molecule has 1 amide bonds. The van der Waals surface area contributed by atoms with E-state index in [2.05, 4.69) is 30.4 Å². The van der Waals surface area contributed by atoms with Crippen LogP contribution in [0.4, 0.5) is 5.82 Å². The topological polar surface area (TPSA) is 86.8 Å². The molecule has 1 aromatic carbocycles. The quantitative estimate of drug-likeness (QED) is 0.654. The summed E-state index contributed by atoms with van der Waals surface area (Å²) >= 11 is 6.08. The molecule has 31 heavy (non-hydrogen) atoms. The van der Waals surface area contributed by atoms with Gasteiger partial charge in [-0.05, 0) is 55.2 Å². The molecule has 8 heteroatoms. The monoisotopic (exact) mass is 436 g/mol. The maximum atomic E-state index is 13.5. The fraction of sp³-hybridized carbons (Fsp3) is 0.478. The third-order valence-electron chi connectivity index (χ3n) is 7.70. The Morgan fingerprint density at radius 1 is 1.13 bits per heavy atom. The van der Waals surface area contributed by atoms with E-state index in [4.69, 9.17) is 11.6 Å². The summed E-state index contributed by atoms with van der Waals surface area (Å²) in [5.74, 6) is 2.00. The van der Waals surface area contributed by atoms with E-state index >= 15 is 0 Å². The maximum Gasteiger partial charge on any atom is 0.230 e. The molecule has 2 aromatic heterocycles. The van der Waals surface area contributed by atoms with Crippen molar-refractivity contribution in [2.45, 2.75) is 43.6 Å². The van der Waals surface area contributed by atoms with Crippen LogP contribution in [0.1, 0.15) is 37.7 Å². The number of amides is 1. The Morgan fingerprint density at radius 3 is 2.55 bits per heavy atom. The van der Waals surface area contributed by atoms with Gasteiger partial charge in [-0.15, -0.1) is 0 Å². The molecule has 160 valence electrons. The third-order valence-corrected chi connectivity index (χ3v) is 7.95. The van der Waals surface area contributed by atoms with E-state index in [0.717, 1.165) is 67.6 Å². The molecule has 6 rings (SSSR count). The Hall–Kier alpha value is -2.67. The molecule has 1 unspecified atom stereocenters. The fourth-order valence-corrected chi connectivity index (χ4v) is 6.00. The van der Waals surface area contributed by atoms with E-state index in [1.54, 1.807) is 12.5 Å². The van der Waals surface area contributed by atoms with Crippen LogP contribution in [0.25, 0.3) is 11.0 Å². The average molecular weight is 437 g/mol. The van der Waals surface area contributed by atoms with Crippen LogP contribution in [0.5, 0.6) is 0 Å². The Balaban J connectivity index is 1.21. The molecule has 2 bridgehead atoms. The number of carbonyl (C=O) groups is 1. The minimum Gasteiger partial charge on any atom is -0.355 e. The summed E-state index contributed by atoms with van der Waals surface area (Å²) in [6.07, 6.45) is 8.59. The molecule has 7 nitrogen and oxygen atoms in total. The molecule has 3 aromatic rings. The van der Waals surface area contributed by atoms with Gasteiger partial charge >= 0.3 is 0 Å². The van der Waals surface area contributed by atoms with Crippen LogP contribution < -0.4 is 10.2 Å². The maximum absolute atomic E-state index is 13.5. The van der Waals surface area contributed by atoms with E-state index in [-0.39, 0.29) is 11.9 Å². The number of aromatic amines is 1. The first kappa shape index (κ1) is 19.0. The molecule has 0 spiro atoms. The second kappa shape index (κ2) is 7.19. The SMILES string of the molecule is O=C(NC1[C@@H]2CC[C@H]1CN(c1ncnc3[nH]ncc13)C2)C1(c2ccc(Cl)cc2)CCC1. The lowest BCUT2D eigenvalue weighted by molar-refractivity contribution is -0.131. The first-order valence-corrected chi connectivity index (χ1v) is 11.5. The Morgan fingerprint density at radius 2 is 1.87 bits per heavy atom. The lowest BCUT2D eigenvalue weighted by Crippen LogP contribution is -2.58. The minimum atomic E-state index is -0.392. The summed E-state index contributed by atoms with van der Waals surface area (Å²) in [5, 5.41) is 12.2. The highest BCUT2D eigenvalue weighted by atomic mass is 35.5. The molecular weight excluding hydrogens is 412 g/mol. The van der Waals surface area contributed by atoms with Crippen molar-refractivity contribution in [2.24, 2.45) is 11.8 Å². The highest BCUT2D eigenvalue weighted by Crippen LogP contribution is 2.46. The fourth-order valence-electron chi connectivity index (χ4n) is 5.87.